The van der Waals surface area contributed by atoms with Crippen LogP contribution >= 0.6 is 11.6 Å². The second-order valence-corrected chi connectivity index (χ2v) is 8.07. The van der Waals surface area contributed by atoms with Crippen LogP contribution in [0, 0.1) is 0 Å². The second-order valence-electron chi connectivity index (χ2n) is 7.63. The lowest BCUT2D eigenvalue weighted by molar-refractivity contribution is 0.372. The second kappa shape index (κ2) is 10.4. The number of aromatic nitrogens is 2. The fourth-order valence-corrected chi connectivity index (χ4v) is 4.14. The van der Waals surface area contributed by atoms with E-state index in [0.717, 1.165) is 62.5 Å². The van der Waals surface area contributed by atoms with Crippen LogP contribution in [0.3, 0.4) is 0 Å². The molecule has 0 saturated carbocycles. The first-order chi connectivity index (χ1) is 15.2. The van der Waals surface area contributed by atoms with Gasteiger partial charge in [-0.05, 0) is 23.8 Å². The molecule has 162 valence electrons. The fraction of sp³-hybridized carbons (Fsp3) is 0.333. The minimum Gasteiger partial charge on any atom is -0.368 e. The Morgan fingerprint density at radius 3 is 2.61 bits per heavy atom. The number of guanidine groups is 1. The van der Waals surface area contributed by atoms with Crippen LogP contribution in [0.15, 0.2) is 72.0 Å². The number of hydrogen-bond donors (Lipinski definition) is 1. The van der Waals surface area contributed by atoms with E-state index >= 15 is 0 Å². The molecule has 0 spiro atoms. The molecule has 1 N–H and O–H groups in total. The van der Waals surface area contributed by atoms with Crippen molar-refractivity contribution in [2.75, 3.05) is 44.7 Å². The Bertz CT molecular complexity index is 992. The fourth-order valence-electron chi connectivity index (χ4n) is 3.96. The van der Waals surface area contributed by atoms with Gasteiger partial charge in [-0.1, -0.05) is 48.0 Å². The van der Waals surface area contributed by atoms with Gasteiger partial charge in [0.15, 0.2) is 5.96 Å². The highest BCUT2D eigenvalue weighted by molar-refractivity contribution is 6.30. The van der Waals surface area contributed by atoms with E-state index in [4.69, 9.17) is 11.6 Å². The molecular weight excluding hydrogens is 408 g/mol. The summed E-state index contributed by atoms with van der Waals surface area (Å²) in [5.41, 5.74) is 2.46. The summed E-state index contributed by atoms with van der Waals surface area (Å²) in [6.45, 7) is 5.39. The van der Waals surface area contributed by atoms with Crippen LogP contribution < -0.4 is 10.2 Å². The third kappa shape index (κ3) is 5.58. The van der Waals surface area contributed by atoms with Crippen molar-refractivity contribution < 1.29 is 0 Å². The number of nitrogens with one attached hydrogen (secondary N) is 1. The van der Waals surface area contributed by atoms with Gasteiger partial charge in [-0.3, -0.25) is 4.99 Å². The van der Waals surface area contributed by atoms with Crippen LogP contribution in [0.5, 0.6) is 0 Å². The van der Waals surface area contributed by atoms with Gasteiger partial charge in [-0.15, -0.1) is 0 Å². The summed E-state index contributed by atoms with van der Waals surface area (Å²) in [5, 5.41) is 4.30. The zero-order chi connectivity index (χ0) is 21.5. The summed E-state index contributed by atoms with van der Waals surface area (Å²) >= 11 is 6.15. The lowest BCUT2D eigenvalue weighted by Crippen LogP contribution is -2.52. The van der Waals surface area contributed by atoms with Crippen LogP contribution in [0.25, 0.3) is 0 Å². The monoisotopic (exact) mass is 436 g/mol. The van der Waals surface area contributed by atoms with Crippen molar-refractivity contribution in [3.63, 3.8) is 0 Å². The highest BCUT2D eigenvalue weighted by Crippen LogP contribution is 2.20. The molecule has 3 aromatic rings. The molecule has 1 saturated heterocycles. The van der Waals surface area contributed by atoms with Gasteiger partial charge < -0.3 is 19.7 Å². The molecule has 31 heavy (non-hydrogen) atoms. The molecule has 1 fully saturated rings. The first-order valence-electron chi connectivity index (χ1n) is 10.7. The molecule has 0 amide bonds. The van der Waals surface area contributed by atoms with Crippen LogP contribution in [0.4, 0.5) is 5.69 Å². The topological polar surface area (TPSA) is 48.7 Å². The SMILES string of the molecule is CN=C(NCCc1nccn1Cc1ccccc1)N1CCN(c2cccc(Cl)c2)CC1. The third-order valence-corrected chi connectivity index (χ3v) is 5.83. The molecule has 1 aliphatic heterocycles. The highest BCUT2D eigenvalue weighted by Gasteiger charge is 2.20. The van der Waals surface area contributed by atoms with E-state index in [-0.39, 0.29) is 0 Å². The largest absolute Gasteiger partial charge is 0.368 e. The van der Waals surface area contributed by atoms with Crippen molar-refractivity contribution in [1.29, 1.82) is 0 Å². The molecule has 2 aromatic carbocycles. The maximum absolute atomic E-state index is 6.15. The summed E-state index contributed by atoms with van der Waals surface area (Å²) in [5.74, 6) is 2.03. The van der Waals surface area contributed by atoms with Crippen molar-refractivity contribution in [2.45, 2.75) is 13.0 Å². The number of halogens is 1. The van der Waals surface area contributed by atoms with Gasteiger partial charge in [0, 0.05) is 75.8 Å². The van der Waals surface area contributed by atoms with Gasteiger partial charge >= 0.3 is 0 Å². The molecule has 0 radical (unpaired) electrons. The van der Waals surface area contributed by atoms with E-state index in [2.05, 4.69) is 60.0 Å². The molecule has 0 aliphatic carbocycles. The maximum Gasteiger partial charge on any atom is 0.193 e. The predicted octanol–water partition coefficient (Wildman–Crippen LogP) is 3.52. The lowest BCUT2D eigenvalue weighted by atomic mass is 10.2. The predicted molar refractivity (Wildman–Crippen MR) is 128 cm³/mol. The van der Waals surface area contributed by atoms with Crippen LogP contribution in [-0.2, 0) is 13.0 Å². The Morgan fingerprint density at radius 1 is 1.06 bits per heavy atom. The standard InChI is InChI=1S/C24H29ClN6/c1-26-24(30-16-14-29(15-17-30)22-9-5-8-21(25)18-22)28-11-10-23-27-12-13-31(23)19-20-6-3-2-4-7-20/h2-9,12-13,18H,10-11,14-17,19H2,1H3,(H,26,28). The molecule has 6 nitrogen and oxygen atoms in total. The number of aliphatic imine (C=N–C) groups is 1. The number of imidazole rings is 1. The van der Waals surface area contributed by atoms with Crippen molar-refractivity contribution in [3.05, 3.63) is 83.4 Å². The third-order valence-electron chi connectivity index (χ3n) is 5.59. The quantitative estimate of drug-likeness (QED) is 0.474. The molecule has 0 unspecified atom stereocenters. The van der Waals surface area contributed by atoms with E-state index in [1.165, 1.54) is 11.3 Å². The first-order valence-corrected chi connectivity index (χ1v) is 11.1. The van der Waals surface area contributed by atoms with E-state index in [9.17, 15) is 0 Å². The van der Waals surface area contributed by atoms with Crippen molar-refractivity contribution >= 4 is 23.2 Å². The van der Waals surface area contributed by atoms with Gasteiger partial charge in [0.2, 0.25) is 0 Å². The summed E-state index contributed by atoms with van der Waals surface area (Å²) in [7, 11) is 1.85. The molecule has 4 rings (SSSR count). The molecule has 7 heteroatoms. The van der Waals surface area contributed by atoms with E-state index in [1.54, 1.807) is 0 Å². The number of benzene rings is 2. The van der Waals surface area contributed by atoms with Gasteiger partial charge in [0.25, 0.3) is 0 Å². The Morgan fingerprint density at radius 2 is 1.87 bits per heavy atom. The minimum atomic E-state index is 0.781. The molecule has 1 aliphatic rings. The average Bonchev–Trinajstić information content (AvgIpc) is 3.24. The van der Waals surface area contributed by atoms with Gasteiger partial charge in [-0.2, -0.15) is 0 Å². The number of piperazine rings is 1. The van der Waals surface area contributed by atoms with Gasteiger partial charge in [-0.25, -0.2) is 4.98 Å². The summed E-state index contributed by atoms with van der Waals surface area (Å²) in [6, 6.07) is 18.5. The average molecular weight is 437 g/mol. The number of hydrogen-bond acceptors (Lipinski definition) is 3. The van der Waals surface area contributed by atoms with Gasteiger partial charge in [0.05, 0.1) is 0 Å². The van der Waals surface area contributed by atoms with Crippen molar-refractivity contribution in [2.24, 2.45) is 4.99 Å². The normalized spacial score (nSPS) is 14.7. The molecule has 0 bridgehead atoms. The first kappa shape index (κ1) is 21.2. The van der Waals surface area contributed by atoms with E-state index in [1.807, 2.05) is 43.7 Å². The summed E-state index contributed by atoms with van der Waals surface area (Å²) in [4.78, 5) is 13.7. The maximum atomic E-state index is 6.15. The molecule has 1 aromatic heterocycles. The number of anilines is 1. The Balaban J connectivity index is 1.27. The zero-order valence-corrected chi connectivity index (χ0v) is 18.7. The van der Waals surface area contributed by atoms with Crippen LogP contribution in [-0.4, -0.2) is 60.2 Å². The zero-order valence-electron chi connectivity index (χ0n) is 17.9. The Kier molecular flexibility index (Phi) is 7.10. The Labute approximate surface area is 189 Å². The van der Waals surface area contributed by atoms with E-state index in [0.29, 0.717) is 0 Å². The summed E-state index contributed by atoms with van der Waals surface area (Å²) in [6.07, 6.45) is 4.77. The number of rotatable bonds is 6. The van der Waals surface area contributed by atoms with Crippen LogP contribution in [0.1, 0.15) is 11.4 Å². The Hall–Kier alpha value is -2.99. The lowest BCUT2D eigenvalue weighted by Gasteiger charge is -2.37. The van der Waals surface area contributed by atoms with Crippen molar-refractivity contribution in [1.82, 2.24) is 19.8 Å². The highest BCUT2D eigenvalue weighted by atomic mass is 35.5. The number of nitrogens with zero attached hydrogens (tertiary/aromatic N) is 5. The summed E-state index contributed by atoms with van der Waals surface area (Å²) < 4.78 is 2.21. The smallest absolute Gasteiger partial charge is 0.193 e. The van der Waals surface area contributed by atoms with E-state index < -0.39 is 0 Å². The molecule has 2 heterocycles. The van der Waals surface area contributed by atoms with Crippen LogP contribution in [0.2, 0.25) is 5.02 Å². The van der Waals surface area contributed by atoms with Gasteiger partial charge in [0.1, 0.15) is 5.82 Å². The molecular formula is C24H29ClN6. The minimum absolute atomic E-state index is 0.781. The molecule has 0 atom stereocenters. The van der Waals surface area contributed by atoms with Crippen molar-refractivity contribution in [3.8, 4) is 0 Å².